The van der Waals surface area contributed by atoms with E-state index >= 15 is 0 Å². The second-order valence-corrected chi connectivity index (χ2v) is 9.60. The number of hydrogen-bond donors (Lipinski definition) is 2. The Labute approximate surface area is 199 Å². The lowest BCUT2D eigenvalue weighted by atomic mass is 10.0. The van der Waals surface area contributed by atoms with E-state index in [0.717, 1.165) is 87.4 Å². The van der Waals surface area contributed by atoms with Crippen LogP contribution >= 0.6 is 0 Å². The molecule has 5 heterocycles. The van der Waals surface area contributed by atoms with E-state index in [-0.39, 0.29) is 6.03 Å². The lowest BCUT2D eigenvalue weighted by Crippen LogP contribution is -2.51. The normalized spacial score (nSPS) is 24.4. The third-order valence-corrected chi connectivity index (χ3v) is 7.43. The van der Waals surface area contributed by atoms with Crippen molar-refractivity contribution in [1.29, 1.82) is 0 Å². The van der Waals surface area contributed by atoms with Crippen LogP contribution in [0.25, 0.3) is 11.4 Å². The number of urea groups is 1. The van der Waals surface area contributed by atoms with E-state index in [1.54, 1.807) is 0 Å². The van der Waals surface area contributed by atoms with Crippen LogP contribution in [0.3, 0.4) is 0 Å². The van der Waals surface area contributed by atoms with Crippen LogP contribution in [0.2, 0.25) is 0 Å². The molecule has 4 aliphatic heterocycles. The van der Waals surface area contributed by atoms with Gasteiger partial charge in [0.15, 0.2) is 5.82 Å². The molecule has 9 heteroatoms. The molecule has 0 saturated carbocycles. The summed E-state index contributed by atoms with van der Waals surface area (Å²) in [5.74, 6) is 1.85. The second-order valence-electron chi connectivity index (χ2n) is 9.60. The fourth-order valence-corrected chi connectivity index (χ4v) is 5.53. The van der Waals surface area contributed by atoms with Gasteiger partial charge in [-0.2, -0.15) is 0 Å². The van der Waals surface area contributed by atoms with Crippen LogP contribution < -0.4 is 15.5 Å². The van der Waals surface area contributed by atoms with E-state index in [4.69, 9.17) is 19.4 Å². The summed E-state index contributed by atoms with van der Waals surface area (Å²) >= 11 is 0. The van der Waals surface area contributed by atoms with Crippen molar-refractivity contribution in [2.75, 3.05) is 49.7 Å². The summed E-state index contributed by atoms with van der Waals surface area (Å²) in [5.41, 5.74) is 4.13. The van der Waals surface area contributed by atoms with Crippen molar-refractivity contribution < 1.29 is 14.3 Å². The molecule has 0 spiro atoms. The number of hydrogen-bond acceptors (Lipinski definition) is 7. The molecule has 6 rings (SSSR count). The maximum atomic E-state index is 11.9. The van der Waals surface area contributed by atoms with Crippen LogP contribution in [0.15, 0.2) is 24.3 Å². The van der Waals surface area contributed by atoms with Crippen LogP contribution in [-0.2, 0) is 22.4 Å². The van der Waals surface area contributed by atoms with Crippen LogP contribution in [0.4, 0.5) is 16.3 Å². The van der Waals surface area contributed by atoms with Crippen molar-refractivity contribution in [3.05, 3.63) is 35.5 Å². The van der Waals surface area contributed by atoms with Crippen LogP contribution in [0, 0.1) is 0 Å². The van der Waals surface area contributed by atoms with Crippen molar-refractivity contribution in [3.8, 4) is 11.4 Å². The topological polar surface area (TPSA) is 91.9 Å². The first kappa shape index (κ1) is 21.8. The van der Waals surface area contributed by atoms with Crippen molar-refractivity contribution in [2.24, 2.45) is 0 Å². The van der Waals surface area contributed by atoms with Crippen molar-refractivity contribution in [2.45, 2.75) is 50.9 Å². The van der Waals surface area contributed by atoms with Crippen molar-refractivity contribution in [3.63, 3.8) is 0 Å². The zero-order chi connectivity index (χ0) is 23.1. The van der Waals surface area contributed by atoms with Crippen molar-refractivity contribution in [1.82, 2.24) is 20.2 Å². The molecule has 2 unspecified atom stereocenters. The average Bonchev–Trinajstić information content (AvgIpc) is 3.05. The van der Waals surface area contributed by atoms with Crippen LogP contribution in [0.5, 0.6) is 0 Å². The van der Waals surface area contributed by atoms with Gasteiger partial charge in [-0.1, -0.05) is 0 Å². The van der Waals surface area contributed by atoms with Gasteiger partial charge in [0.1, 0.15) is 5.82 Å². The van der Waals surface area contributed by atoms with Crippen LogP contribution in [0.1, 0.15) is 31.0 Å². The second kappa shape index (κ2) is 9.13. The number of carbonyl (C=O) groups is 1. The fourth-order valence-electron chi connectivity index (χ4n) is 5.53. The van der Waals surface area contributed by atoms with Gasteiger partial charge < -0.3 is 25.0 Å². The number of nitrogens with one attached hydrogen (secondary N) is 2. The smallest absolute Gasteiger partial charge is 0.319 e. The molecule has 34 heavy (non-hydrogen) atoms. The molecule has 3 saturated heterocycles. The first-order valence-electron chi connectivity index (χ1n) is 12.4. The maximum Gasteiger partial charge on any atom is 0.319 e. The number of ether oxygens (including phenoxy) is 2. The number of benzene rings is 1. The number of carbonyl (C=O) groups excluding carboxylic acids is 1. The number of morpholine rings is 1. The Bertz CT molecular complexity index is 1040. The minimum absolute atomic E-state index is 0.203. The number of fused-ring (bicyclic) bond motifs is 3. The van der Waals surface area contributed by atoms with E-state index in [0.29, 0.717) is 24.7 Å². The Morgan fingerprint density at radius 3 is 2.41 bits per heavy atom. The standard InChI is InChI=1S/C25H32N6O3/c1-2-26-25(32)27-17-5-3-16(4-6-17)23-28-22-11-30(20-14-34-15-20)10-9-21(22)24(29-23)31-18-7-8-19(31)13-33-12-18/h3-6,18-20H,2,7-15H2,1H3,(H2,26,27,32). The van der Waals surface area contributed by atoms with Crippen molar-refractivity contribution >= 4 is 17.5 Å². The molecule has 0 aliphatic carbocycles. The minimum Gasteiger partial charge on any atom is -0.378 e. The monoisotopic (exact) mass is 464 g/mol. The van der Waals surface area contributed by atoms with Gasteiger partial charge in [0.25, 0.3) is 0 Å². The third-order valence-electron chi connectivity index (χ3n) is 7.43. The highest BCUT2D eigenvalue weighted by molar-refractivity contribution is 5.89. The van der Waals surface area contributed by atoms with E-state index < -0.39 is 0 Å². The lowest BCUT2D eigenvalue weighted by molar-refractivity contribution is -0.0699. The maximum absolute atomic E-state index is 11.9. The molecule has 2 aromatic rings. The highest BCUT2D eigenvalue weighted by Crippen LogP contribution is 2.38. The summed E-state index contributed by atoms with van der Waals surface area (Å²) in [6.45, 7) is 7.52. The number of nitrogens with zero attached hydrogens (tertiary/aromatic N) is 4. The molecule has 0 radical (unpaired) electrons. The summed E-state index contributed by atoms with van der Waals surface area (Å²) in [6, 6.07) is 8.87. The van der Waals surface area contributed by atoms with Gasteiger partial charge in [0, 0.05) is 36.4 Å². The van der Waals surface area contributed by atoms with Gasteiger partial charge >= 0.3 is 6.03 Å². The van der Waals surface area contributed by atoms with Gasteiger partial charge in [0.2, 0.25) is 0 Å². The first-order valence-corrected chi connectivity index (χ1v) is 12.4. The highest BCUT2D eigenvalue weighted by Gasteiger charge is 2.41. The Morgan fingerprint density at radius 2 is 1.74 bits per heavy atom. The third kappa shape index (κ3) is 4.01. The van der Waals surface area contributed by atoms with Gasteiger partial charge in [0.05, 0.1) is 50.2 Å². The van der Waals surface area contributed by atoms with E-state index in [1.165, 1.54) is 5.56 Å². The zero-order valence-corrected chi connectivity index (χ0v) is 19.6. The molecule has 3 fully saturated rings. The lowest BCUT2D eigenvalue weighted by Gasteiger charge is -2.42. The number of aromatic nitrogens is 2. The summed E-state index contributed by atoms with van der Waals surface area (Å²) in [4.78, 5) is 27.1. The van der Waals surface area contributed by atoms with E-state index in [1.807, 2.05) is 31.2 Å². The number of anilines is 2. The molecule has 2 amide bonds. The molecule has 4 aliphatic rings. The molecule has 2 atom stereocenters. The molecule has 2 bridgehead atoms. The van der Waals surface area contributed by atoms with Crippen LogP contribution in [-0.4, -0.2) is 78.5 Å². The summed E-state index contributed by atoms with van der Waals surface area (Å²) in [7, 11) is 0. The van der Waals surface area contributed by atoms with E-state index in [2.05, 4.69) is 20.4 Å². The summed E-state index contributed by atoms with van der Waals surface area (Å²) in [5, 5.41) is 5.61. The molecular formula is C25H32N6O3. The van der Waals surface area contributed by atoms with Gasteiger partial charge in [-0.25, -0.2) is 14.8 Å². The predicted octanol–water partition coefficient (Wildman–Crippen LogP) is 2.41. The molecule has 2 N–H and O–H groups in total. The first-order chi connectivity index (χ1) is 16.7. The Morgan fingerprint density at radius 1 is 1.03 bits per heavy atom. The molecular weight excluding hydrogens is 432 g/mol. The fraction of sp³-hybridized carbons (Fsp3) is 0.560. The molecule has 1 aromatic heterocycles. The summed E-state index contributed by atoms with van der Waals surface area (Å²) in [6.07, 6.45) is 3.28. The average molecular weight is 465 g/mol. The Hall–Kier alpha value is -2.75. The van der Waals surface area contributed by atoms with Gasteiger partial charge in [-0.15, -0.1) is 0 Å². The number of amides is 2. The Balaban J connectivity index is 1.34. The van der Waals surface area contributed by atoms with E-state index in [9.17, 15) is 4.79 Å². The largest absolute Gasteiger partial charge is 0.378 e. The summed E-state index contributed by atoms with van der Waals surface area (Å²) < 4.78 is 11.3. The SMILES string of the molecule is CCNC(=O)Nc1ccc(-c2nc3c(c(N4C5CCC4COC5)n2)CCN(C2COC2)C3)cc1. The quantitative estimate of drug-likeness (QED) is 0.702. The predicted molar refractivity (Wildman–Crippen MR) is 129 cm³/mol. The highest BCUT2D eigenvalue weighted by atomic mass is 16.5. The molecule has 180 valence electrons. The van der Waals surface area contributed by atoms with Gasteiger partial charge in [-0.3, -0.25) is 4.90 Å². The molecule has 1 aromatic carbocycles. The zero-order valence-electron chi connectivity index (χ0n) is 19.6. The number of rotatable bonds is 5. The molecule has 9 nitrogen and oxygen atoms in total. The minimum atomic E-state index is -0.203. The Kier molecular flexibility index (Phi) is 5.84. The van der Waals surface area contributed by atoms with Gasteiger partial charge in [-0.05, 0) is 50.5 Å².